The van der Waals surface area contributed by atoms with Gasteiger partial charge in [-0.05, 0) is 41.7 Å². The third kappa shape index (κ3) is 5.45. The van der Waals surface area contributed by atoms with Gasteiger partial charge in [0.2, 0.25) is 5.91 Å². The predicted octanol–water partition coefficient (Wildman–Crippen LogP) is -0.552. The number of thioether (sulfide) groups is 1. The Hall–Kier alpha value is -3.24. The van der Waals surface area contributed by atoms with Crippen LogP contribution in [0.1, 0.15) is 17.7 Å². The number of nitrogen functional groups attached to an aromatic ring is 1. The SMILES string of the molecule is Nc1nc(C(=NO)C(=O)N[C@@H]2C(=O)N3C(C(=O)O)=C(C(Cc4ccncc4)=C4CCNC4=O)CS[C@H]23)cs1.[NaH]. The zero-order chi connectivity index (χ0) is 27.0. The first-order valence-corrected chi connectivity index (χ1v) is 13.3. The molecule has 0 aromatic carbocycles. The summed E-state index contributed by atoms with van der Waals surface area (Å²) in [5.41, 5.74) is 7.26. The number of carbonyl (C=O) groups is 4. The monoisotopic (exact) mass is 579 g/mol. The molecule has 2 fully saturated rings. The molecule has 0 spiro atoms. The van der Waals surface area contributed by atoms with Gasteiger partial charge in [-0.2, -0.15) is 0 Å². The first-order chi connectivity index (χ1) is 18.3. The number of anilines is 1. The van der Waals surface area contributed by atoms with Crippen LogP contribution in [-0.4, -0.2) is 108 Å². The molecule has 198 valence electrons. The number of amides is 3. The van der Waals surface area contributed by atoms with E-state index in [1.54, 1.807) is 24.5 Å². The summed E-state index contributed by atoms with van der Waals surface area (Å²) in [5, 5.41) is 28.7. The van der Waals surface area contributed by atoms with Crippen LogP contribution in [0, 0.1) is 0 Å². The van der Waals surface area contributed by atoms with Gasteiger partial charge in [0.15, 0.2) is 10.8 Å². The number of pyridine rings is 1. The van der Waals surface area contributed by atoms with Crippen molar-refractivity contribution in [3.05, 3.63) is 63.6 Å². The molecular formula is C23H22N7NaO6S2. The number of carbonyl (C=O) groups excluding carboxylic acids is 3. The van der Waals surface area contributed by atoms with E-state index in [2.05, 4.69) is 25.8 Å². The summed E-state index contributed by atoms with van der Waals surface area (Å²) in [6, 6.07) is 2.51. The van der Waals surface area contributed by atoms with E-state index < -0.39 is 34.9 Å². The summed E-state index contributed by atoms with van der Waals surface area (Å²) in [5.74, 6) is -2.87. The molecule has 0 saturated carbocycles. The first-order valence-electron chi connectivity index (χ1n) is 11.3. The second-order valence-corrected chi connectivity index (χ2v) is 10.5. The molecule has 16 heteroatoms. The summed E-state index contributed by atoms with van der Waals surface area (Å²) in [4.78, 5) is 60.1. The Morgan fingerprint density at radius 3 is 2.62 bits per heavy atom. The van der Waals surface area contributed by atoms with Gasteiger partial charge in [-0.25, -0.2) is 9.78 Å². The molecule has 0 bridgehead atoms. The molecule has 0 radical (unpaired) electrons. The number of carboxylic acid groups (broad SMARTS) is 1. The van der Waals surface area contributed by atoms with E-state index >= 15 is 0 Å². The van der Waals surface area contributed by atoms with Gasteiger partial charge in [0.25, 0.3) is 11.8 Å². The average molecular weight is 580 g/mol. The number of thiazole rings is 1. The van der Waals surface area contributed by atoms with Crippen LogP contribution in [0.2, 0.25) is 0 Å². The molecule has 2 saturated heterocycles. The van der Waals surface area contributed by atoms with Crippen LogP contribution in [0.15, 0.2) is 57.5 Å². The van der Waals surface area contributed by atoms with Crippen LogP contribution in [0.4, 0.5) is 5.13 Å². The molecule has 5 heterocycles. The van der Waals surface area contributed by atoms with Crippen molar-refractivity contribution in [3.63, 3.8) is 0 Å². The minimum absolute atomic E-state index is 0. The fourth-order valence-electron chi connectivity index (χ4n) is 4.58. The van der Waals surface area contributed by atoms with Crippen LogP contribution in [-0.2, 0) is 25.6 Å². The Labute approximate surface area is 251 Å². The number of rotatable bonds is 7. The third-order valence-electron chi connectivity index (χ3n) is 6.33. The molecular weight excluding hydrogens is 557 g/mol. The van der Waals surface area contributed by atoms with Crippen molar-refractivity contribution in [1.82, 2.24) is 25.5 Å². The molecule has 2 aromatic heterocycles. The number of carboxylic acids is 1. The van der Waals surface area contributed by atoms with Crippen LogP contribution in [0.5, 0.6) is 0 Å². The number of nitrogens with one attached hydrogen (secondary N) is 2. The second-order valence-electron chi connectivity index (χ2n) is 8.51. The number of hydrogen-bond donors (Lipinski definition) is 5. The molecule has 2 aromatic rings. The summed E-state index contributed by atoms with van der Waals surface area (Å²) in [6.45, 7) is 0.440. The van der Waals surface area contributed by atoms with Crippen LogP contribution in [0.25, 0.3) is 0 Å². The predicted molar refractivity (Wildman–Crippen MR) is 144 cm³/mol. The molecule has 39 heavy (non-hydrogen) atoms. The van der Waals surface area contributed by atoms with Gasteiger partial charge in [0, 0.05) is 35.6 Å². The molecule has 3 amide bonds. The standard InChI is InChI=1S/C23H21N7O6S2.Na.H/c24-23-27-14(9-38-23)15(29-36)19(32)28-16-20(33)30-17(22(34)35)13(8-37-21(16)30)12(11-3-6-26-18(11)31)7-10-1-4-25-5-2-10;;/h1-2,4-5,9,16,21,36H,3,6-8H2,(H2,24,27)(H,26,31)(H,28,32)(H,34,35);;/t16-,21-;;/m1../s1. The molecule has 2 atom stereocenters. The molecule has 3 aliphatic rings. The number of aliphatic carboxylic acids is 1. The van der Waals surface area contributed by atoms with Gasteiger partial charge < -0.3 is 26.7 Å². The minimum atomic E-state index is -1.31. The van der Waals surface area contributed by atoms with Crippen LogP contribution in [0.3, 0.4) is 0 Å². The maximum absolute atomic E-state index is 13.2. The van der Waals surface area contributed by atoms with E-state index in [0.29, 0.717) is 29.7 Å². The maximum atomic E-state index is 13.2. The zero-order valence-electron chi connectivity index (χ0n) is 19.6. The Kier molecular flexibility index (Phi) is 8.76. The van der Waals surface area contributed by atoms with Crippen molar-refractivity contribution in [2.75, 3.05) is 18.0 Å². The normalized spacial score (nSPS) is 21.9. The van der Waals surface area contributed by atoms with Gasteiger partial charge in [-0.1, -0.05) is 5.16 Å². The van der Waals surface area contributed by atoms with E-state index in [1.807, 2.05) is 0 Å². The number of nitrogens with two attached hydrogens (primary N) is 1. The van der Waals surface area contributed by atoms with Crippen molar-refractivity contribution in [3.8, 4) is 0 Å². The van der Waals surface area contributed by atoms with E-state index in [1.165, 1.54) is 17.1 Å². The second kappa shape index (κ2) is 11.9. The molecule has 6 N–H and O–H groups in total. The number of fused-ring (bicyclic) bond motifs is 1. The van der Waals surface area contributed by atoms with Gasteiger partial charge in [-0.3, -0.25) is 24.3 Å². The van der Waals surface area contributed by atoms with E-state index in [9.17, 15) is 29.5 Å². The van der Waals surface area contributed by atoms with Gasteiger partial charge >= 0.3 is 35.5 Å². The number of oxime groups is 1. The third-order valence-corrected chi connectivity index (χ3v) is 8.28. The molecule has 3 aliphatic heterocycles. The first kappa shape index (κ1) is 28.8. The van der Waals surface area contributed by atoms with Gasteiger partial charge in [0.05, 0.1) is 0 Å². The number of β-lactam (4-membered cyclic amide) rings is 1. The molecule has 0 aliphatic carbocycles. The van der Waals surface area contributed by atoms with Crippen LogP contribution < -0.4 is 16.4 Å². The Morgan fingerprint density at radius 2 is 2.03 bits per heavy atom. The van der Waals surface area contributed by atoms with Crippen molar-refractivity contribution in [2.24, 2.45) is 5.16 Å². The number of nitrogens with zero attached hydrogens (tertiary/aromatic N) is 4. The van der Waals surface area contributed by atoms with E-state index in [-0.39, 0.29) is 64.2 Å². The number of hydrogen-bond acceptors (Lipinski definition) is 11. The average Bonchev–Trinajstić information content (AvgIpc) is 3.53. The Balaban J connectivity index is 0.00000353. The number of aromatic nitrogens is 2. The van der Waals surface area contributed by atoms with Crippen molar-refractivity contribution >= 4 is 87.2 Å². The van der Waals surface area contributed by atoms with Crippen molar-refractivity contribution in [1.29, 1.82) is 0 Å². The van der Waals surface area contributed by atoms with E-state index in [0.717, 1.165) is 21.8 Å². The molecule has 0 unspecified atom stereocenters. The zero-order valence-corrected chi connectivity index (χ0v) is 21.2. The summed E-state index contributed by atoms with van der Waals surface area (Å²) < 4.78 is 0. The van der Waals surface area contributed by atoms with Crippen LogP contribution >= 0.6 is 23.1 Å². The van der Waals surface area contributed by atoms with Gasteiger partial charge in [-0.15, -0.1) is 23.1 Å². The topological polar surface area (TPSA) is 200 Å². The summed E-state index contributed by atoms with van der Waals surface area (Å²) in [6.07, 6.45) is 3.94. The molecule has 13 nitrogen and oxygen atoms in total. The summed E-state index contributed by atoms with van der Waals surface area (Å²) >= 11 is 2.32. The van der Waals surface area contributed by atoms with Crippen molar-refractivity contribution in [2.45, 2.75) is 24.3 Å². The quantitative estimate of drug-likeness (QED) is 0.0708. The Bertz CT molecular complexity index is 1440. The van der Waals surface area contributed by atoms with E-state index in [4.69, 9.17) is 5.73 Å². The van der Waals surface area contributed by atoms with Crippen molar-refractivity contribution < 1.29 is 29.5 Å². The fourth-order valence-corrected chi connectivity index (χ4v) is 6.51. The molecule has 5 rings (SSSR count). The van der Waals surface area contributed by atoms with Gasteiger partial charge in [0.1, 0.15) is 22.8 Å². The Morgan fingerprint density at radius 1 is 1.28 bits per heavy atom. The number of allylic oxidation sites excluding steroid dienone is 1. The summed E-state index contributed by atoms with van der Waals surface area (Å²) in [7, 11) is 0. The fraction of sp³-hybridized carbons (Fsp3) is 0.261.